The number of hydrogen-bond acceptors (Lipinski definition) is 3. The van der Waals surface area contributed by atoms with Crippen molar-refractivity contribution in [2.45, 2.75) is 6.92 Å². The van der Waals surface area contributed by atoms with E-state index >= 15 is 0 Å². The fourth-order valence-electron chi connectivity index (χ4n) is 0.921. The summed E-state index contributed by atoms with van der Waals surface area (Å²) >= 11 is 0. The molecular weight excluding hydrogens is 180 g/mol. The lowest BCUT2D eigenvalue weighted by Crippen LogP contribution is -2.22. The van der Waals surface area contributed by atoms with Crippen LogP contribution in [0.15, 0.2) is 34.5 Å². The van der Waals surface area contributed by atoms with Crippen LogP contribution in [0, 0.1) is 0 Å². The number of benzene rings is 1. The Kier molecular flexibility index (Phi) is 3.06. The van der Waals surface area contributed by atoms with Gasteiger partial charge in [0.1, 0.15) is 5.75 Å². The predicted octanol–water partition coefficient (Wildman–Crippen LogP) is 0.390. The third-order valence-corrected chi connectivity index (χ3v) is 1.58. The first-order chi connectivity index (χ1) is 6.59. The standard InChI is InChI=1S/C9H12N4O/c1-6(12-13-9(10)11)7-3-2-4-8(14)5-7/h2-5,14H,1H3,(H4,10,11,13)/b12-6-. The number of hydrogen-bond donors (Lipinski definition) is 3. The van der Waals surface area contributed by atoms with Crippen molar-refractivity contribution in [3.63, 3.8) is 0 Å². The van der Waals surface area contributed by atoms with Gasteiger partial charge in [0.25, 0.3) is 0 Å². The van der Waals surface area contributed by atoms with Crippen molar-refractivity contribution in [3.8, 4) is 5.75 Å². The maximum Gasteiger partial charge on any atom is 0.211 e. The molecule has 5 N–H and O–H groups in total. The molecule has 0 radical (unpaired) electrons. The molecule has 0 saturated carbocycles. The second kappa shape index (κ2) is 4.27. The number of guanidine groups is 1. The van der Waals surface area contributed by atoms with Crippen molar-refractivity contribution in [2.75, 3.05) is 0 Å². The molecule has 0 aliphatic rings. The van der Waals surface area contributed by atoms with Crippen LogP contribution in [0.4, 0.5) is 0 Å². The molecule has 5 heteroatoms. The largest absolute Gasteiger partial charge is 0.508 e. The minimum absolute atomic E-state index is 0.0931. The van der Waals surface area contributed by atoms with Gasteiger partial charge in [-0.3, -0.25) is 0 Å². The molecule has 1 rings (SSSR count). The van der Waals surface area contributed by atoms with Crippen LogP contribution >= 0.6 is 0 Å². The Balaban J connectivity index is 2.95. The summed E-state index contributed by atoms with van der Waals surface area (Å²) in [6.45, 7) is 1.75. The van der Waals surface area contributed by atoms with E-state index < -0.39 is 0 Å². The highest BCUT2D eigenvalue weighted by atomic mass is 16.3. The van der Waals surface area contributed by atoms with E-state index in [2.05, 4.69) is 10.2 Å². The summed E-state index contributed by atoms with van der Waals surface area (Å²) in [5.41, 5.74) is 11.6. The monoisotopic (exact) mass is 192 g/mol. The normalized spacial score (nSPS) is 11.1. The van der Waals surface area contributed by atoms with Crippen molar-refractivity contribution in [3.05, 3.63) is 29.8 Å². The second-order valence-electron chi connectivity index (χ2n) is 2.76. The van der Waals surface area contributed by atoms with Crippen LogP contribution in [0.3, 0.4) is 0 Å². The van der Waals surface area contributed by atoms with Crippen molar-refractivity contribution in [1.29, 1.82) is 0 Å². The molecule has 0 fully saturated rings. The van der Waals surface area contributed by atoms with Crippen LogP contribution in [0.1, 0.15) is 12.5 Å². The van der Waals surface area contributed by atoms with Gasteiger partial charge < -0.3 is 16.6 Å². The Bertz CT molecular complexity index is 380. The van der Waals surface area contributed by atoms with Crippen molar-refractivity contribution < 1.29 is 5.11 Å². The van der Waals surface area contributed by atoms with E-state index in [1.165, 1.54) is 0 Å². The van der Waals surface area contributed by atoms with Gasteiger partial charge in [-0.15, -0.1) is 5.10 Å². The van der Waals surface area contributed by atoms with Crippen LogP contribution < -0.4 is 11.5 Å². The Morgan fingerprint density at radius 2 is 2.00 bits per heavy atom. The molecule has 0 aliphatic heterocycles. The van der Waals surface area contributed by atoms with Gasteiger partial charge in [-0.2, -0.15) is 5.10 Å². The molecule has 0 heterocycles. The van der Waals surface area contributed by atoms with Crippen LogP contribution in [0.2, 0.25) is 0 Å². The van der Waals surface area contributed by atoms with Gasteiger partial charge in [-0.25, -0.2) is 0 Å². The topological polar surface area (TPSA) is 97.0 Å². The number of nitrogens with zero attached hydrogens (tertiary/aromatic N) is 2. The molecule has 14 heavy (non-hydrogen) atoms. The molecule has 0 amide bonds. The maximum absolute atomic E-state index is 9.20. The molecule has 0 aliphatic carbocycles. The summed E-state index contributed by atoms with van der Waals surface area (Å²) in [4.78, 5) is 0. The van der Waals surface area contributed by atoms with Crippen molar-refractivity contribution in [2.24, 2.45) is 21.7 Å². The van der Waals surface area contributed by atoms with E-state index in [0.29, 0.717) is 5.71 Å². The quantitative estimate of drug-likeness (QED) is 0.359. The molecule has 0 aromatic heterocycles. The highest BCUT2D eigenvalue weighted by Gasteiger charge is 1.97. The summed E-state index contributed by atoms with van der Waals surface area (Å²) in [6.07, 6.45) is 0. The fourth-order valence-corrected chi connectivity index (χ4v) is 0.921. The summed E-state index contributed by atoms with van der Waals surface area (Å²) in [5, 5.41) is 16.5. The number of aromatic hydroxyl groups is 1. The molecule has 0 atom stereocenters. The summed E-state index contributed by atoms with van der Waals surface area (Å²) in [6, 6.07) is 6.69. The van der Waals surface area contributed by atoms with Crippen molar-refractivity contribution >= 4 is 11.7 Å². The number of phenolic OH excluding ortho intramolecular Hbond substituents is 1. The van der Waals surface area contributed by atoms with Crippen molar-refractivity contribution in [1.82, 2.24) is 0 Å². The third kappa shape index (κ3) is 2.78. The second-order valence-corrected chi connectivity index (χ2v) is 2.76. The van der Waals surface area contributed by atoms with Gasteiger partial charge in [-0.1, -0.05) is 12.1 Å². The summed E-state index contributed by atoms with van der Waals surface area (Å²) < 4.78 is 0. The maximum atomic E-state index is 9.20. The Morgan fingerprint density at radius 3 is 2.57 bits per heavy atom. The average Bonchev–Trinajstić information content (AvgIpc) is 2.14. The zero-order valence-electron chi connectivity index (χ0n) is 7.81. The fraction of sp³-hybridized carbons (Fsp3) is 0.111. The Hall–Kier alpha value is -2.04. The number of nitrogens with two attached hydrogens (primary N) is 2. The SMILES string of the molecule is C/C(=N/N=C(N)N)c1cccc(O)c1. The van der Waals surface area contributed by atoms with Crippen LogP contribution in [-0.4, -0.2) is 16.8 Å². The average molecular weight is 192 g/mol. The minimum Gasteiger partial charge on any atom is -0.508 e. The van der Waals surface area contributed by atoms with E-state index in [0.717, 1.165) is 5.56 Å². The highest BCUT2D eigenvalue weighted by Crippen LogP contribution is 2.11. The molecule has 0 saturated heterocycles. The number of phenols is 1. The lowest BCUT2D eigenvalue weighted by molar-refractivity contribution is 0.475. The van der Waals surface area contributed by atoms with E-state index in [1.807, 2.05) is 0 Å². The van der Waals surface area contributed by atoms with E-state index in [1.54, 1.807) is 31.2 Å². The molecular formula is C9H12N4O. The van der Waals surface area contributed by atoms with Gasteiger partial charge in [0, 0.05) is 5.56 Å². The molecule has 74 valence electrons. The van der Waals surface area contributed by atoms with Crippen LogP contribution in [-0.2, 0) is 0 Å². The van der Waals surface area contributed by atoms with E-state index in [-0.39, 0.29) is 11.7 Å². The lowest BCUT2D eigenvalue weighted by Gasteiger charge is -1.98. The predicted molar refractivity (Wildman–Crippen MR) is 56.1 cm³/mol. The number of rotatable bonds is 2. The Morgan fingerprint density at radius 1 is 1.29 bits per heavy atom. The first kappa shape index (κ1) is 10.0. The summed E-state index contributed by atoms with van der Waals surface area (Å²) in [5.74, 6) is 0.0891. The van der Waals surface area contributed by atoms with Gasteiger partial charge in [0.05, 0.1) is 5.71 Å². The van der Waals surface area contributed by atoms with Gasteiger partial charge in [-0.05, 0) is 19.1 Å². The van der Waals surface area contributed by atoms with Gasteiger partial charge in [0.15, 0.2) is 0 Å². The molecule has 1 aromatic carbocycles. The first-order valence-electron chi connectivity index (χ1n) is 4.02. The minimum atomic E-state index is -0.0931. The summed E-state index contributed by atoms with van der Waals surface area (Å²) in [7, 11) is 0. The van der Waals surface area contributed by atoms with Crippen LogP contribution in [0.25, 0.3) is 0 Å². The molecule has 1 aromatic rings. The zero-order chi connectivity index (χ0) is 10.6. The molecule has 0 unspecified atom stereocenters. The van der Waals surface area contributed by atoms with E-state index in [9.17, 15) is 5.11 Å². The smallest absolute Gasteiger partial charge is 0.211 e. The van der Waals surface area contributed by atoms with Crippen LogP contribution in [0.5, 0.6) is 5.75 Å². The molecule has 0 bridgehead atoms. The molecule has 5 nitrogen and oxygen atoms in total. The lowest BCUT2D eigenvalue weighted by atomic mass is 10.1. The van der Waals surface area contributed by atoms with E-state index in [4.69, 9.17) is 11.5 Å². The van der Waals surface area contributed by atoms with Gasteiger partial charge in [0.2, 0.25) is 5.96 Å². The molecule has 0 spiro atoms. The Labute approximate surface area is 81.8 Å². The highest BCUT2D eigenvalue weighted by molar-refractivity contribution is 5.99. The third-order valence-electron chi connectivity index (χ3n) is 1.58. The first-order valence-corrected chi connectivity index (χ1v) is 4.02. The van der Waals surface area contributed by atoms with Gasteiger partial charge >= 0.3 is 0 Å². The zero-order valence-corrected chi connectivity index (χ0v) is 7.81.